The summed E-state index contributed by atoms with van der Waals surface area (Å²) in [5, 5.41) is 13.7. The number of nitrogens with one attached hydrogen (secondary N) is 4. The Bertz CT molecular complexity index is 453. The first-order valence-corrected chi connectivity index (χ1v) is 13.5. The fraction of sp³-hybridized carbons (Fsp3) is 1.00. The Morgan fingerprint density at radius 2 is 0.828 bits per heavy atom. The fourth-order valence-electron chi connectivity index (χ4n) is 1.75. The van der Waals surface area contributed by atoms with E-state index < -0.39 is 20.2 Å². The molecule has 0 aromatic rings. The van der Waals surface area contributed by atoms with Gasteiger partial charge in [-0.15, -0.1) is 0 Å². The van der Waals surface area contributed by atoms with E-state index >= 15 is 0 Å². The largest absolute Gasteiger partial charge is 2.00 e. The van der Waals surface area contributed by atoms with Crippen LogP contribution in [0.3, 0.4) is 0 Å². The number of thiol groups is 2. The predicted molar refractivity (Wildman–Crippen MR) is 118 cm³/mol. The molecule has 1 saturated heterocycles. The van der Waals surface area contributed by atoms with E-state index in [0.717, 1.165) is 52.4 Å². The smallest absolute Gasteiger partial charge is 0.748 e. The zero-order valence-electron chi connectivity index (χ0n) is 16.4. The predicted octanol–water partition coefficient (Wildman–Crippen LogP) is -1.94. The maximum absolute atomic E-state index is 9.63. The first-order valence-electron chi connectivity index (χ1n) is 9.04. The molecule has 0 unspecified atom stereocenters. The quantitative estimate of drug-likeness (QED) is 0.134. The maximum atomic E-state index is 9.63. The van der Waals surface area contributed by atoms with E-state index in [4.69, 9.17) is 0 Å². The summed E-state index contributed by atoms with van der Waals surface area (Å²) in [7, 11) is -8.00. The van der Waals surface area contributed by atoms with Crippen molar-refractivity contribution in [3.63, 3.8) is 0 Å². The molecule has 0 aromatic carbocycles. The SMILES string of the molecule is C1CNCCNCCCNCCNC1.O=S(=O)([O-])CCS.O=S(=O)([O-])CCS.[Ni+2]. The third-order valence-corrected chi connectivity index (χ3v) is 5.51. The van der Waals surface area contributed by atoms with E-state index in [2.05, 4.69) is 46.5 Å². The summed E-state index contributed by atoms with van der Waals surface area (Å²) in [4.78, 5) is 0. The third kappa shape index (κ3) is 39.8. The average molecular weight is 541 g/mol. The van der Waals surface area contributed by atoms with Crippen molar-refractivity contribution in [2.24, 2.45) is 0 Å². The van der Waals surface area contributed by atoms with Crippen LogP contribution in [0, 0.1) is 0 Å². The van der Waals surface area contributed by atoms with Gasteiger partial charge in [-0.3, -0.25) is 0 Å². The molecular weight excluding hydrogens is 507 g/mol. The summed E-state index contributed by atoms with van der Waals surface area (Å²) in [6, 6.07) is 0. The van der Waals surface area contributed by atoms with Gasteiger partial charge in [-0.25, -0.2) is 16.8 Å². The van der Waals surface area contributed by atoms with Crippen molar-refractivity contribution in [1.29, 1.82) is 0 Å². The van der Waals surface area contributed by atoms with E-state index in [1.54, 1.807) is 0 Å². The van der Waals surface area contributed by atoms with Crippen molar-refractivity contribution in [3.8, 4) is 0 Å². The van der Waals surface area contributed by atoms with Crippen LogP contribution in [-0.2, 0) is 36.7 Å². The average Bonchev–Trinajstić information content (AvgIpc) is 2.56. The number of hydrogen-bond donors (Lipinski definition) is 6. The van der Waals surface area contributed by atoms with Gasteiger partial charge in [-0.1, -0.05) is 0 Å². The van der Waals surface area contributed by atoms with E-state index in [-0.39, 0.29) is 39.5 Å². The monoisotopic (exact) mass is 540 g/mol. The first-order chi connectivity index (χ1) is 13.1. The van der Waals surface area contributed by atoms with E-state index in [1.165, 1.54) is 12.8 Å². The van der Waals surface area contributed by atoms with Crippen LogP contribution in [0.4, 0.5) is 0 Å². The van der Waals surface area contributed by atoms with Gasteiger partial charge in [0.2, 0.25) is 0 Å². The van der Waals surface area contributed by atoms with Crippen molar-refractivity contribution in [2.75, 3.05) is 75.4 Å². The maximum Gasteiger partial charge on any atom is 2.00 e. The van der Waals surface area contributed by atoms with Crippen molar-refractivity contribution >= 4 is 45.5 Å². The molecule has 15 heteroatoms. The molecule has 0 saturated carbocycles. The Labute approximate surface area is 196 Å². The normalized spacial score (nSPS) is 17.2. The number of rotatable bonds is 4. The summed E-state index contributed by atoms with van der Waals surface area (Å²) < 4.78 is 57.8. The van der Waals surface area contributed by atoms with Gasteiger partial charge in [0.05, 0.1) is 20.2 Å². The van der Waals surface area contributed by atoms with E-state index in [1.807, 2.05) is 0 Å². The van der Waals surface area contributed by atoms with Crippen LogP contribution in [-0.4, -0.2) is 101 Å². The van der Waals surface area contributed by atoms with Crippen LogP contribution in [0.1, 0.15) is 12.8 Å². The molecule has 29 heavy (non-hydrogen) atoms. The Balaban J connectivity index is -0.000000384. The molecular formula is C14H34N4NiO6S4. The molecule has 0 spiro atoms. The molecule has 0 amide bonds. The molecule has 1 rings (SSSR count). The Morgan fingerprint density at radius 1 is 0.586 bits per heavy atom. The Morgan fingerprint density at radius 3 is 0.966 bits per heavy atom. The van der Waals surface area contributed by atoms with Gasteiger partial charge in [0.1, 0.15) is 0 Å². The zero-order valence-corrected chi connectivity index (χ0v) is 20.8. The zero-order chi connectivity index (χ0) is 21.7. The van der Waals surface area contributed by atoms with E-state index in [9.17, 15) is 25.9 Å². The molecule has 1 fully saturated rings. The standard InChI is InChI=1S/C10H24N4.2C2H6O3S2.Ni/c1-3-11-7-9-13-5-2-6-14-10-8-12-4-1;2*3-7(4,5)2-1-6;/h11-14H,1-10H2;2*6H,1-2H2,(H,3,4,5);/q;;;+2/p-2. The van der Waals surface area contributed by atoms with Gasteiger partial charge in [0.15, 0.2) is 0 Å². The minimum Gasteiger partial charge on any atom is -0.748 e. The van der Waals surface area contributed by atoms with Gasteiger partial charge in [-0.05, 0) is 39.0 Å². The van der Waals surface area contributed by atoms with Crippen molar-refractivity contribution < 1.29 is 42.4 Å². The van der Waals surface area contributed by atoms with Crippen LogP contribution in [0.2, 0.25) is 0 Å². The molecule has 0 aromatic heterocycles. The summed E-state index contributed by atoms with van der Waals surface area (Å²) in [5.74, 6) is -0.552. The topological polar surface area (TPSA) is 163 Å². The summed E-state index contributed by atoms with van der Waals surface area (Å²) in [5.41, 5.74) is 0. The van der Waals surface area contributed by atoms with Crippen LogP contribution >= 0.6 is 25.3 Å². The summed E-state index contributed by atoms with van der Waals surface area (Å²) in [6.07, 6.45) is 2.44. The molecule has 10 nitrogen and oxygen atoms in total. The molecule has 4 N–H and O–H groups in total. The van der Waals surface area contributed by atoms with E-state index in [0.29, 0.717) is 0 Å². The second kappa shape index (κ2) is 23.5. The summed E-state index contributed by atoms with van der Waals surface area (Å²) >= 11 is 7.07. The van der Waals surface area contributed by atoms with Gasteiger partial charge < -0.3 is 30.4 Å². The van der Waals surface area contributed by atoms with Crippen molar-refractivity contribution in [3.05, 3.63) is 0 Å². The fourth-order valence-corrected chi connectivity index (χ4v) is 3.54. The molecule has 1 aliphatic rings. The van der Waals surface area contributed by atoms with Crippen LogP contribution < -0.4 is 21.3 Å². The molecule has 0 bridgehead atoms. The Kier molecular flexibility index (Phi) is 27.9. The van der Waals surface area contributed by atoms with Gasteiger partial charge >= 0.3 is 16.5 Å². The minimum atomic E-state index is -4.00. The molecule has 180 valence electrons. The molecule has 1 heterocycles. The number of hydrogen-bond acceptors (Lipinski definition) is 12. The molecule has 0 radical (unpaired) electrons. The van der Waals surface area contributed by atoms with Crippen molar-refractivity contribution in [2.45, 2.75) is 12.8 Å². The second-order valence-electron chi connectivity index (χ2n) is 5.68. The second-order valence-corrected chi connectivity index (χ2v) is 9.62. The summed E-state index contributed by atoms with van der Waals surface area (Å²) in [6.45, 7) is 8.87. The minimum absolute atomic E-state index is 0. The Hall–Kier alpha value is 0.854. The molecule has 0 atom stereocenters. The van der Waals surface area contributed by atoms with Gasteiger partial charge in [0.25, 0.3) is 0 Å². The molecule has 1 aliphatic heterocycles. The van der Waals surface area contributed by atoms with Crippen LogP contribution in [0.5, 0.6) is 0 Å². The third-order valence-electron chi connectivity index (χ3n) is 3.05. The van der Waals surface area contributed by atoms with Crippen LogP contribution in [0.15, 0.2) is 0 Å². The van der Waals surface area contributed by atoms with Crippen LogP contribution in [0.25, 0.3) is 0 Å². The van der Waals surface area contributed by atoms with Gasteiger partial charge in [0, 0.05) is 49.2 Å². The van der Waals surface area contributed by atoms with Gasteiger partial charge in [-0.2, -0.15) is 25.3 Å². The molecule has 0 aliphatic carbocycles. The first kappa shape index (κ1) is 34.5. The van der Waals surface area contributed by atoms with Crippen molar-refractivity contribution in [1.82, 2.24) is 21.3 Å².